The molecule has 1 aromatic rings. The Labute approximate surface area is 92.6 Å². The topological polar surface area (TPSA) is 67.2 Å². The molecule has 1 aliphatic rings. The fourth-order valence-electron chi connectivity index (χ4n) is 1.48. The summed E-state index contributed by atoms with van der Waals surface area (Å²) in [7, 11) is 0. The van der Waals surface area contributed by atoms with Crippen LogP contribution >= 0.6 is 11.8 Å². The molecule has 0 spiro atoms. The number of anilines is 1. The van der Waals surface area contributed by atoms with Crippen LogP contribution in [0.4, 0.5) is 5.69 Å². The number of hydrogen-bond acceptors (Lipinski definition) is 4. The molecular formula is C10H13N3OS. The average Bonchev–Trinajstić information content (AvgIpc) is 2.21. The van der Waals surface area contributed by atoms with Gasteiger partial charge in [-0.15, -0.1) is 11.8 Å². The largest absolute Gasteiger partial charge is 0.324 e. The Balaban J connectivity index is 2.29. The van der Waals surface area contributed by atoms with Gasteiger partial charge in [0, 0.05) is 11.4 Å². The standard InChI is InChI=1S/C10H13N3OS/c1-6-10(14)13-8-4-7(5-12-11)2-3-9(8)15-6/h2-4,6,12H,5,11H2,1H3,(H,13,14). The molecule has 0 saturated heterocycles. The predicted octanol–water partition coefficient (Wildman–Crippen LogP) is 1.08. The van der Waals surface area contributed by atoms with Crippen molar-refractivity contribution in [1.82, 2.24) is 5.43 Å². The van der Waals surface area contributed by atoms with Crippen LogP contribution in [0.3, 0.4) is 0 Å². The molecule has 0 aliphatic carbocycles. The summed E-state index contributed by atoms with van der Waals surface area (Å²) < 4.78 is 0. The van der Waals surface area contributed by atoms with Crippen LogP contribution in [0.1, 0.15) is 12.5 Å². The van der Waals surface area contributed by atoms with Gasteiger partial charge in [-0.2, -0.15) is 0 Å². The van der Waals surface area contributed by atoms with Gasteiger partial charge in [0.15, 0.2) is 0 Å². The molecule has 1 amide bonds. The number of nitrogens with one attached hydrogen (secondary N) is 2. The molecule has 1 aromatic carbocycles. The van der Waals surface area contributed by atoms with Crippen LogP contribution in [-0.2, 0) is 11.3 Å². The lowest BCUT2D eigenvalue weighted by Gasteiger charge is -2.21. The highest BCUT2D eigenvalue weighted by atomic mass is 32.2. The number of hydrogen-bond donors (Lipinski definition) is 3. The fraction of sp³-hybridized carbons (Fsp3) is 0.300. The molecule has 0 bridgehead atoms. The van der Waals surface area contributed by atoms with Crippen molar-refractivity contribution >= 4 is 23.4 Å². The molecule has 5 heteroatoms. The minimum atomic E-state index is -0.0176. The van der Waals surface area contributed by atoms with Crippen LogP contribution in [0.25, 0.3) is 0 Å². The summed E-state index contributed by atoms with van der Waals surface area (Å²) in [6, 6.07) is 5.98. The zero-order chi connectivity index (χ0) is 10.8. The van der Waals surface area contributed by atoms with E-state index in [4.69, 9.17) is 5.84 Å². The number of thioether (sulfide) groups is 1. The van der Waals surface area contributed by atoms with E-state index in [-0.39, 0.29) is 11.2 Å². The van der Waals surface area contributed by atoms with E-state index in [1.807, 2.05) is 25.1 Å². The molecule has 0 saturated carbocycles. The number of rotatable bonds is 2. The van der Waals surface area contributed by atoms with Crippen molar-refractivity contribution in [3.8, 4) is 0 Å². The van der Waals surface area contributed by atoms with Crippen LogP contribution < -0.4 is 16.6 Å². The lowest BCUT2D eigenvalue weighted by molar-refractivity contribution is -0.115. The summed E-state index contributed by atoms with van der Waals surface area (Å²) in [6.07, 6.45) is 0. The van der Waals surface area contributed by atoms with Crippen LogP contribution in [0.2, 0.25) is 0 Å². The SMILES string of the molecule is CC1Sc2ccc(CNN)cc2NC1=O. The second kappa shape index (κ2) is 4.22. The number of carbonyl (C=O) groups excluding carboxylic acids is 1. The quantitative estimate of drug-likeness (QED) is 0.518. The van der Waals surface area contributed by atoms with Crippen molar-refractivity contribution in [1.29, 1.82) is 0 Å². The molecule has 4 N–H and O–H groups in total. The normalized spacial score (nSPS) is 19.6. The number of amides is 1. The Morgan fingerprint density at radius 3 is 3.13 bits per heavy atom. The second-order valence-electron chi connectivity index (χ2n) is 3.46. The molecule has 1 aliphatic heterocycles. The van der Waals surface area contributed by atoms with Gasteiger partial charge < -0.3 is 5.32 Å². The third kappa shape index (κ3) is 2.14. The van der Waals surface area contributed by atoms with Crippen molar-refractivity contribution in [3.05, 3.63) is 23.8 Å². The summed E-state index contributed by atoms with van der Waals surface area (Å²) in [5.74, 6) is 5.30. The van der Waals surface area contributed by atoms with Gasteiger partial charge in [0.25, 0.3) is 0 Å². The van der Waals surface area contributed by atoms with Gasteiger partial charge in [-0.3, -0.25) is 16.1 Å². The molecular weight excluding hydrogens is 210 g/mol. The Kier molecular flexibility index (Phi) is 2.95. The summed E-state index contributed by atoms with van der Waals surface area (Å²) in [5, 5.41) is 2.86. The van der Waals surface area contributed by atoms with Gasteiger partial charge in [0.2, 0.25) is 5.91 Å². The van der Waals surface area contributed by atoms with E-state index < -0.39 is 0 Å². The highest BCUT2D eigenvalue weighted by Gasteiger charge is 2.22. The summed E-state index contributed by atoms with van der Waals surface area (Å²) in [5.41, 5.74) is 4.54. The molecule has 1 atom stereocenters. The molecule has 15 heavy (non-hydrogen) atoms. The van der Waals surface area contributed by atoms with Gasteiger partial charge in [-0.05, 0) is 24.6 Å². The van der Waals surface area contributed by atoms with Gasteiger partial charge in [-0.1, -0.05) is 6.07 Å². The van der Waals surface area contributed by atoms with E-state index >= 15 is 0 Å². The molecule has 4 nitrogen and oxygen atoms in total. The first kappa shape index (κ1) is 10.5. The zero-order valence-electron chi connectivity index (χ0n) is 8.41. The van der Waals surface area contributed by atoms with E-state index in [9.17, 15) is 4.79 Å². The van der Waals surface area contributed by atoms with Crippen LogP contribution in [0, 0.1) is 0 Å². The zero-order valence-corrected chi connectivity index (χ0v) is 9.23. The molecule has 1 heterocycles. The number of benzene rings is 1. The van der Waals surface area contributed by atoms with Crippen molar-refractivity contribution in [2.75, 3.05) is 5.32 Å². The fourth-order valence-corrected chi connectivity index (χ4v) is 2.41. The molecule has 0 radical (unpaired) electrons. The maximum atomic E-state index is 11.5. The third-order valence-corrected chi connectivity index (χ3v) is 3.46. The minimum Gasteiger partial charge on any atom is -0.324 e. The van der Waals surface area contributed by atoms with Gasteiger partial charge >= 0.3 is 0 Å². The number of carbonyl (C=O) groups is 1. The van der Waals surface area contributed by atoms with Crippen molar-refractivity contribution in [2.24, 2.45) is 5.84 Å². The van der Waals surface area contributed by atoms with E-state index in [1.165, 1.54) is 0 Å². The minimum absolute atomic E-state index is 0.0176. The second-order valence-corrected chi connectivity index (χ2v) is 4.84. The summed E-state index contributed by atoms with van der Waals surface area (Å²) in [4.78, 5) is 12.6. The highest BCUT2D eigenvalue weighted by molar-refractivity contribution is 8.00. The summed E-state index contributed by atoms with van der Waals surface area (Å²) in [6.45, 7) is 2.50. The Bertz CT molecular complexity index is 394. The monoisotopic (exact) mass is 223 g/mol. The molecule has 2 rings (SSSR count). The van der Waals surface area contributed by atoms with E-state index in [1.54, 1.807) is 11.8 Å². The van der Waals surface area contributed by atoms with Gasteiger partial charge in [0.1, 0.15) is 0 Å². The Morgan fingerprint density at radius 2 is 2.40 bits per heavy atom. The molecule has 0 aromatic heterocycles. The lowest BCUT2D eigenvalue weighted by Crippen LogP contribution is -2.27. The number of nitrogens with two attached hydrogens (primary N) is 1. The van der Waals surface area contributed by atoms with E-state index in [0.717, 1.165) is 16.1 Å². The van der Waals surface area contributed by atoms with Gasteiger partial charge in [0.05, 0.1) is 10.9 Å². The Hall–Kier alpha value is -1.04. The first-order valence-electron chi connectivity index (χ1n) is 4.74. The van der Waals surface area contributed by atoms with Gasteiger partial charge in [-0.25, -0.2) is 0 Å². The average molecular weight is 223 g/mol. The maximum Gasteiger partial charge on any atom is 0.237 e. The van der Waals surface area contributed by atoms with Crippen LogP contribution in [-0.4, -0.2) is 11.2 Å². The first-order valence-corrected chi connectivity index (χ1v) is 5.62. The molecule has 80 valence electrons. The summed E-state index contributed by atoms with van der Waals surface area (Å²) >= 11 is 1.58. The van der Waals surface area contributed by atoms with Crippen molar-refractivity contribution < 1.29 is 4.79 Å². The van der Waals surface area contributed by atoms with Crippen LogP contribution in [0.15, 0.2) is 23.1 Å². The Morgan fingerprint density at radius 1 is 1.60 bits per heavy atom. The van der Waals surface area contributed by atoms with E-state index in [2.05, 4.69) is 10.7 Å². The molecule has 1 unspecified atom stereocenters. The van der Waals surface area contributed by atoms with E-state index in [0.29, 0.717) is 6.54 Å². The van der Waals surface area contributed by atoms with Crippen molar-refractivity contribution in [3.63, 3.8) is 0 Å². The third-order valence-electron chi connectivity index (χ3n) is 2.28. The first-order chi connectivity index (χ1) is 7.20. The smallest absolute Gasteiger partial charge is 0.237 e. The van der Waals surface area contributed by atoms with Crippen molar-refractivity contribution in [2.45, 2.75) is 23.6 Å². The predicted molar refractivity (Wildman–Crippen MR) is 61.4 cm³/mol. The lowest BCUT2D eigenvalue weighted by atomic mass is 10.2. The maximum absolute atomic E-state index is 11.5. The van der Waals surface area contributed by atoms with Crippen LogP contribution in [0.5, 0.6) is 0 Å². The number of hydrazine groups is 1. The number of fused-ring (bicyclic) bond motifs is 1. The highest BCUT2D eigenvalue weighted by Crippen LogP contribution is 2.35. The molecule has 0 fully saturated rings.